The maximum Gasteiger partial charge on any atom is 0.253 e. The molecule has 0 aromatic heterocycles. The molecule has 1 aromatic carbocycles. The summed E-state index contributed by atoms with van der Waals surface area (Å²) >= 11 is 0. The van der Waals surface area contributed by atoms with Gasteiger partial charge in [0.15, 0.2) is 0 Å². The van der Waals surface area contributed by atoms with Crippen LogP contribution in [0.3, 0.4) is 0 Å². The van der Waals surface area contributed by atoms with Crippen LogP contribution >= 0.6 is 0 Å². The van der Waals surface area contributed by atoms with Gasteiger partial charge in [0.05, 0.1) is 0 Å². The minimum absolute atomic E-state index is 0.163. The summed E-state index contributed by atoms with van der Waals surface area (Å²) < 4.78 is 0. The molecular weight excluding hydrogens is 262 g/mol. The van der Waals surface area contributed by atoms with Crippen molar-refractivity contribution in [3.63, 3.8) is 0 Å². The second-order valence-electron chi connectivity index (χ2n) is 6.54. The number of amides is 1. The second kappa shape index (κ2) is 6.00. The molecule has 1 aliphatic heterocycles. The van der Waals surface area contributed by atoms with Gasteiger partial charge in [-0.3, -0.25) is 9.59 Å². The average molecular weight is 285 g/mol. The van der Waals surface area contributed by atoms with Gasteiger partial charge < -0.3 is 4.90 Å². The Morgan fingerprint density at radius 1 is 1.24 bits per heavy atom. The van der Waals surface area contributed by atoms with Crippen LogP contribution in [0, 0.1) is 11.8 Å². The molecule has 0 spiro atoms. The van der Waals surface area contributed by atoms with E-state index in [9.17, 15) is 9.59 Å². The summed E-state index contributed by atoms with van der Waals surface area (Å²) in [5, 5.41) is 0. The molecule has 3 rings (SSSR count). The first kappa shape index (κ1) is 14.3. The summed E-state index contributed by atoms with van der Waals surface area (Å²) in [5.74, 6) is 1.35. The lowest BCUT2D eigenvalue weighted by Gasteiger charge is -2.31. The van der Waals surface area contributed by atoms with Crippen LogP contribution in [0.25, 0.3) is 0 Å². The summed E-state index contributed by atoms with van der Waals surface area (Å²) in [6, 6.07) is 8.05. The number of Topliss-reactive ketones (excluding diaryl/α,β-unsaturated/α-hetero) is 1. The number of hydrogen-bond acceptors (Lipinski definition) is 2. The zero-order valence-electron chi connectivity index (χ0n) is 12.7. The molecule has 1 saturated heterocycles. The predicted octanol–water partition coefficient (Wildman–Crippen LogP) is 3.08. The van der Waals surface area contributed by atoms with Crippen LogP contribution in [0.1, 0.15) is 48.5 Å². The van der Waals surface area contributed by atoms with E-state index in [1.165, 1.54) is 5.56 Å². The Morgan fingerprint density at radius 2 is 2.05 bits per heavy atom. The smallest absolute Gasteiger partial charge is 0.253 e. The van der Waals surface area contributed by atoms with Crippen molar-refractivity contribution >= 4 is 11.7 Å². The second-order valence-corrected chi connectivity index (χ2v) is 6.54. The Hall–Kier alpha value is -1.64. The number of likely N-dealkylation sites (tertiary alicyclic amines) is 1. The Balaban J connectivity index is 1.63. The molecule has 0 radical (unpaired) electrons. The number of carbonyl (C=O) groups is 2. The summed E-state index contributed by atoms with van der Waals surface area (Å²) in [5.41, 5.74) is 2.05. The van der Waals surface area contributed by atoms with Gasteiger partial charge in [0, 0.05) is 24.6 Å². The molecule has 3 nitrogen and oxygen atoms in total. The first-order valence-electron chi connectivity index (χ1n) is 8.02. The highest BCUT2D eigenvalue weighted by Gasteiger charge is 2.28. The fourth-order valence-electron chi connectivity index (χ4n) is 3.50. The molecule has 1 saturated carbocycles. The molecule has 21 heavy (non-hydrogen) atoms. The van der Waals surface area contributed by atoms with Gasteiger partial charge in [-0.05, 0) is 62.6 Å². The zero-order chi connectivity index (χ0) is 14.8. The monoisotopic (exact) mass is 285 g/mol. The molecule has 2 fully saturated rings. The third kappa shape index (κ3) is 3.17. The first-order chi connectivity index (χ1) is 10.1. The van der Waals surface area contributed by atoms with Crippen molar-refractivity contribution in [3.8, 4) is 0 Å². The quantitative estimate of drug-likeness (QED) is 0.852. The van der Waals surface area contributed by atoms with E-state index in [1.54, 1.807) is 6.92 Å². The maximum atomic E-state index is 12.2. The van der Waals surface area contributed by atoms with Gasteiger partial charge in [-0.15, -0.1) is 0 Å². The minimum Gasteiger partial charge on any atom is -0.339 e. The molecule has 1 aromatic rings. The summed E-state index contributed by atoms with van der Waals surface area (Å²) in [7, 11) is 0. The lowest BCUT2D eigenvalue weighted by molar-refractivity contribution is -0.120. The largest absolute Gasteiger partial charge is 0.339 e. The van der Waals surface area contributed by atoms with Gasteiger partial charge in [-0.25, -0.2) is 0 Å². The normalized spacial score (nSPS) is 24.7. The van der Waals surface area contributed by atoms with E-state index < -0.39 is 0 Å². The van der Waals surface area contributed by atoms with Gasteiger partial charge in [0.2, 0.25) is 0 Å². The number of hydrogen-bond donors (Lipinski definition) is 0. The topological polar surface area (TPSA) is 37.4 Å². The van der Waals surface area contributed by atoms with E-state index in [-0.39, 0.29) is 11.8 Å². The van der Waals surface area contributed by atoms with Gasteiger partial charge in [0.1, 0.15) is 5.78 Å². The van der Waals surface area contributed by atoms with E-state index in [0.29, 0.717) is 11.7 Å². The zero-order valence-corrected chi connectivity index (χ0v) is 12.7. The molecule has 0 unspecified atom stereocenters. The summed E-state index contributed by atoms with van der Waals surface area (Å²) in [6.45, 7) is 3.50. The van der Waals surface area contributed by atoms with E-state index in [2.05, 4.69) is 6.07 Å². The van der Waals surface area contributed by atoms with E-state index in [1.807, 2.05) is 23.1 Å². The fraction of sp³-hybridized carbons (Fsp3) is 0.556. The molecular formula is C18H23NO2. The molecule has 1 amide bonds. The van der Waals surface area contributed by atoms with Gasteiger partial charge >= 0.3 is 0 Å². The standard InChI is InChI=1S/C18H23NO2/c1-13(20)16-7-6-15(11-16)10-14-4-2-5-17(12-14)18(21)19-8-3-9-19/h2,4-5,12,15-16H,3,6-11H2,1H3/t15-,16+/m0/s1. The highest BCUT2D eigenvalue weighted by atomic mass is 16.2. The van der Waals surface area contributed by atoms with Crippen molar-refractivity contribution in [2.45, 2.75) is 39.0 Å². The van der Waals surface area contributed by atoms with Crippen LogP contribution in [-0.4, -0.2) is 29.7 Å². The van der Waals surface area contributed by atoms with Crippen LogP contribution in [-0.2, 0) is 11.2 Å². The third-order valence-electron chi connectivity index (χ3n) is 4.96. The van der Waals surface area contributed by atoms with Crippen LogP contribution < -0.4 is 0 Å². The third-order valence-corrected chi connectivity index (χ3v) is 4.96. The molecule has 112 valence electrons. The lowest BCUT2D eigenvalue weighted by Crippen LogP contribution is -2.42. The minimum atomic E-state index is 0.163. The Kier molecular flexibility index (Phi) is 4.09. The van der Waals surface area contributed by atoms with Crippen molar-refractivity contribution < 1.29 is 9.59 Å². The fourth-order valence-corrected chi connectivity index (χ4v) is 3.50. The van der Waals surface area contributed by atoms with E-state index >= 15 is 0 Å². The molecule has 1 heterocycles. The number of ketones is 1. The summed E-state index contributed by atoms with van der Waals surface area (Å²) in [4.78, 5) is 25.6. The van der Waals surface area contributed by atoms with Crippen molar-refractivity contribution in [1.29, 1.82) is 0 Å². The summed E-state index contributed by atoms with van der Waals surface area (Å²) in [6.07, 6.45) is 5.30. The molecule has 0 N–H and O–H groups in total. The number of nitrogens with zero attached hydrogens (tertiary/aromatic N) is 1. The molecule has 2 atom stereocenters. The molecule has 2 aliphatic rings. The molecule has 3 heteroatoms. The lowest BCUT2D eigenvalue weighted by atomic mass is 9.94. The van der Waals surface area contributed by atoms with Crippen LogP contribution in [0.5, 0.6) is 0 Å². The predicted molar refractivity (Wildman–Crippen MR) is 82.2 cm³/mol. The van der Waals surface area contributed by atoms with Crippen LogP contribution in [0.2, 0.25) is 0 Å². The highest BCUT2D eigenvalue weighted by Crippen LogP contribution is 2.33. The van der Waals surface area contributed by atoms with Crippen molar-refractivity contribution in [2.75, 3.05) is 13.1 Å². The SMILES string of the molecule is CC(=O)[C@@H]1CC[C@@H](Cc2cccc(C(=O)N3CCC3)c2)C1. The Labute approximate surface area is 126 Å². The maximum absolute atomic E-state index is 12.2. The van der Waals surface area contributed by atoms with Crippen molar-refractivity contribution in [3.05, 3.63) is 35.4 Å². The Morgan fingerprint density at radius 3 is 2.67 bits per heavy atom. The number of benzene rings is 1. The molecule has 1 aliphatic carbocycles. The number of rotatable bonds is 4. The Bertz CT molecular complexity index is 548. The van der Waals surface area contributed by atoms with Gasteiger partial charge in [-0.1, -0.05) is 12.1 Å². The van der Waals surface area contributed by atoms with Crippen LogP contribution in [0.15, 0.2) is 24.3 Å². The average Bonchev–Trinajstić information content (AvgIpc) is 2.86. The van der Waals surface area contributed by atoms with Crippen molar-refractivity contribution in [2.24, 2.45) is 11.8 Å². The van der Waals surface area contributed by atoms with E-state index in [4.69, 9.17) is 0 Å². The number of carbonyl (C=O) groups excluding carboxylic acids is 2. The first-order valence-corrected chi connectivity index (χ1v) is 8.02. The van der Waals surface area contributed by atoms with Crippen molar-refractivity contribution in [1.82, 2.24) is 4.90 Å². The highest BCUT2D eigenvalue weighted by molar-refractivity contribution is 5.94. The van der Waals surface area contributed by atoms with E-state index in [0.717, 1.165) is 50.8 Å². The van der Waals surface area contributed by atoms with Gasteiger partial charge in [-0.2, -0.15) is 0 Å². The molecule has 0 bridgehead atoms. The van der Waals surface area contributed by atoms with Gasteiger partial charge in [0.25, 0.3) is 5.91 Å². The van der Waals surface area contributed by atoms with Crippen LogP contribution in [0.4, 0.5) is 0 Å².